The summed E-state index contributed by atoms with van der Waals surface area (Å²) in [5, 5.41) is 10.0. The van der Waals surface area contributed by atoms with Crippen molar-refractivity contribution in [3.8, 4) is 5.75 Å². The van der Waals surface area contributed by atoms with E-state index in [4.69, 9.17) is 5.73 Å². The Bertz CT molecular complexity index is 543. The van der Waals surface area contributed by atoms with E-state index in [1.807, 2.05) is 13.0 Å². The Morgan fingerprint density at radius 2 is 1.94 bits per heavy atom. The Kier molecular flexibility index (Phi) is 2.70. The predicted molar refractivity (Wildman–Crippen MR) is 74.6 cm³/mol. The zero-order valence-electron chi connectivity index (χ0n) is 11.2. The van der Waals surface area contributed by atoms with E-state index in [0.717, 1.165) is 31.2 Å². The first-order valence-corrected chi connectivity index (χ1v) is 6.89. The van der Waals surface area contributed by atoms with Gasteiger partial charge in [0.2, 0.25) is 0 Å². The molecule has 0 radical (unpaired) electrons. The minimum atomic E-state index is 0.219. The Hall–Kier alpha value is -1.28. The minimum Gasteiger partial charge on any atom is -0.508 e. The standard InChI is InChI=1S/C16H21NO/c1-9-10(2)16-11(8-15(9)18)6-7-14(17)12-4-3-5-13(12)16/h8,14,18H,3-7,17H2,1-2H3. The smallest absolute Gasteiger partial charge is 0.119 e. The van der Waals surface area contributed by atoms with E-state index in [2.05, 4.69) is 6.92 Å². The lowest BCUT2D eigenvalue weighted by Gasteiger charge is -2.16. The van der Waals surface area contributed by atoms with Crippen LogP contribution in [0.5, 0.6) is 5.75 Å². The van der Waals surface area contributed by atoms with Gasteiger partial charge in [-0.25, -0.2) is 0 Å². The summed E-state index contributed by atoms with van der Waals surface area (Å²) in [6.45, 7) is 4.14. The first kappa shape index (κ1) is 11.8. The molecule has 0 amide bonds. The third-order valence-electron chi connectivity index (χ3n) is 4.69. The van der Waals surface area contributed by atoms with E-state index < -0.39 is 0 Å². The SMILES string of the molecule is Cc1c(O)cc2c(c1C)C1=C(CCC1)C(N)CC2. The molecule has 2 heteroatoms. The van der Waals surface area contributed by atoms with E-state index in [0.29, 0.717) is 5.75 Å². The highest BCUT2D eigenvalue weighted by Gasteiger charge is 2.27. The molecule has 0 fully saturated rings. The fraction of sp³-hybridized carbons (Fsp3) is 0.500. The molecule has 0 aliphatic heterocycles. The fourth-order valence-electron chi connectivity index (χ4n) is 3.53. The third kappa shape index (κ3) is 1.59. The summed E-state index contributed by atoms with van der Waals surface area (Å²) in [5.74, 6) is 0.432. The van der Waals surface area contributed by atoms with Crippen LogP contribution in [0.1, 0.15) is 47.9 Å². The van der Waals surface area contributed by atoms with Crippen molar-refractivity contribution >= 4 is 5.57 Å². The van der Waals surface area contributed by atoms with E-state index >= 15 is 0 Å². The maximum Gasteiger partial charge on any atom is 0.119 e. The Balaban J connectivity index is 2.27. The van der Waals surface area contributed by atoms with Gasteiger partial charge in [-0.05, 0) is 85.4 Å². The number of rotatable bonds is 0. The third-order valence-corrected chi connectivity index (χ3v) is 4.69. The van der Waals surface area contributed by atoms with Crippen LogP contribution < -0.4 is 5.73 Å². The number of allylic oxidation sites excluding steroid dienone is 1. The van der Waals surface area contributed by atoms with Crippen molar-refractivity contribution in [2.75, 3.05) is 0 Å². The van der Waals surface area contributed by atoms with Gasteiger partial charge in [0.15, 0.2) is 0 Å². The van der Waals surface area contributed by atoms with Crippen molar-refractivity contribution < 1.29 is 5.11 Å². The fourth-order valence-corrected chi connectivity index (χ4v) is 3.53. The molecule has 18 heavy (non-hydrogen) atoms. The van der Waals surface area contributed by atoms with Crippen molar-refractivity contribution in [3.05, 3.63) is 33.9 Å². The number of fused-ring (bicyclic) bond motifs is 2. The number of aromatic hydroxyl groups is 1. The summed E-state index contributed by atoms with van der Waals surface area (Å²) in [4.78, 5) is 0. The highest BCUT2D eigenvalue weighted by molar-refractivity contribution is 5.78. The van der Waals surface area contributed by atoms with Gasteiger partial charge in [0.1, 0.15) is 5.75 Å². The molecule has 2 aliphatic rings. The molecule has 0 spiro atoms. The van der Waals surface area contributed by atoms with Crippen LogP contribution in [0.25, 0.3) is 5.57 Å². The lowest BCUT2D eigenvalue weighted by molar-refractivity contribution is 0.469. The topological polar surface area (TPSA) is 46.2 Å². The maximum absolute atomic E-state index is 10.0. The molecule has 1 aromatic carbocycles. The van der Waals surface area contributed by atoms with Crippen LogP contribution in [-0.2, 0) is 6.42 Å². The molecular weight excluding hydrogens is 222 g/mol. The second kappa shape index (κ2) is 4.13. The van der Waals surface area contributed by atoms with Gasteiger partial charge in [-0.2, -0.15) is 0 Å². The van der Waals surface area contributed by atoms with Crippen molar-refractivity contribution in [1.29, 1.82) is 0 Å². The molecule has 0 saturated heterocycles. The Morgan fingerprint density at radius 1 is 1.17 bits per heavy atom. The van der Waals surface area contributed by atoms with Crippen LogP contribution in [0.15, 0.2) is 11.6 Å². The van der Waals surface area contributed by atoms with Crippen molar-refractivity contribution in [1.82, 2.24) is 0 Å². The number of hydrogen-bond acceptors (Lipinski definition) is 2. The van der Waals surface area contributed by atoms with Gasteiger partial charge in [0.25, 0.3) is 0 Å². The van der Waals surface area contributed by atoms with Gasteiger partial charge in [0, 0.05) is 6.04 Å². The lowest BCUT2D eigenvalue weighted by atomic mass is 9.90. The molecule has 96 valence electrons. The highest BCUT2D eigenvalue weighted by Crippen LogP contribution is 2.43. The summed E-state index contributed by atoms with van der Waals surface area (Å²) in [5.41, 5.74) is 14.2. The first-order valence-electron chi connectivity index (χ1n) is 6.89. The van der Waals surface area contributed by atoms with E-state index in [1.54, 1.807) is 0 Å². The molecule has 2 nitrogen and oxygen atoms in total. The predicted octanol–water partition coefficient (Wildman–Crippen LogP) is 3.22. The highest BCUT2D eigenvalue weighted by atomic mass is 16.3. The van der Waals surface area contributed by atoms with Gasteiger partial charge >= 0.3 is 0 Å². The van der Waals surface area contributed by atoms with Crippen LogP contribution in [0.2, 0.25) is 0 Å². The van der Waals surface area contributed by atoms with Gasteiger partial charge in [-0.1, -0.05) is 0 Å². The Labute approximate surface area is 109 Å². The molecule has 1 aromatic rings. The van der Waals surface area contributed by atoms with E-state index in [9.17, 15) is 5.11 Å². The number of benzene rings is 1. The zero-order valence-corrected chi connectivity index (χ0v) is 11.2. The quantitative estimate of drug-likeness (QED) is 0.735. The normalized spacial score (nSPS) is 22.7. The maximum atomic E-state index is 10.0. The summed E-state index contributed by atoms with van der Waals surface area (Å²) < 4.78 is 0. The number of nitrogens with two attached hydrogens (primary N) is 1. The molecule has 1 atom stereocenters. The van der Waals surface area contributed by atoms with Crippen molar-refractivity contribution in [3.63, 3.8) is 0 Å². The van der Waals surface area contributed by atoms with Gasteiger partial charge < -0.3 is 10.8 Å². The molecule has 3 rings (SSSR count). The Morgan fingerprint density at radius 3 is 2.72 bits per heavy atom. The van der Waals surface area contributed by atoms with E-state index in [1.165, 1.54) is 34.3 Å². The average molecular weight is 243 g/mol. The molecule has 2 aliphatic carbocycles. The van der Waals surface area contributed by atoms with E-state index in [-0.39, 0.29) is 6.04 Å². The second-order valence-electron chi connectivity index (χ2n) is 5.68. The molecule has 0 heterocycles. The van der Waals surface area contributed by atoms with Crippen molar-refractivity contribution in [2.45, 2.75) is 52.0 Å². The van der Waals surface area contributed by atoms with Crippen LogP contribution in [-0.4, -0.2) is 11.1 Å². The van der Waals surface area contributed by atoms with Crippen LogP contribution >= 0.6 is 0 Å². The molecular formula is C16H21NO. The average Bonchev–Trinajstić information content (AvgIpc) is 2.77. The van der Waals surface area contributed by atoms with Crippen LogP contribution in [0.3, 0.4) is 0 Å². The van der Waals surface area contributed by atoms with Crippen molar-refractivity contribution in [2.24, 2.45) is 5.73 Å². The second-order valence-corrected chi connectivity index (χ2v) is 5.68. The first-order chi connectivity index (χ1) is 8.59. The summed E-state index contributed by atoms with van der Waals surface area (Å²) in [6.07, 6.45) is 5.54. The van der Waals surface area contributed by atoms with Crippen LogP contribution in [0.4, 0.5) is 0 Å². The van der Waals surface area contributed by atoms with Gasteiger partial charge in [-0.15, -0.1) is 0 Å². The number of phenolic OH excluding ortho intramolecular Hbond substituents is 1. The largest absolute Gasteiger partial charge is 0.508 e. The zero-order chi connectivity index (χ0) is 12.9. The number of aryl methyl sites for hydroxylation is 1. The summed E-state index contributed by atoms with van der Waals surface area (Å²) >= 11 is 0. The summed E-state index contributed by atoms with van der Waals surface area (Å²) in [6, 6.07) is 2.18. The lowest BCUT2D eigenvalue weighted by Crippen LogP contribution is -2.22. The number of phenols is 1. The summed E-state index contributed by atoms with van der Waals surface area (Å²) in [7, 11) is 0. The molecule has 0 aromatic heterocycles. The number of hydrogen-bond donors (Lipinski definition) is 2. The minimum absolute atomic E-state index is 0.219. The molecule has 0 saturated carbocycles. The van der Waals surface area contributed by atoms with Gasteiger partial charge in [-0.3, -0.25) is 0 Å². The monoisotopic (exact) mass is 243 g/mol. The molecule has 0 bridgehead atoms. The molecule has 3 N–H and O–H groups in total. The van der Waals surface area contributed by atoms with Gasteiger partial charge in [0.05, 0.1) is 0 Å². The molecule has 1 unspecified atom stereocenters. The van der Waals surface area contributed by atoms with Crippen LogP contribution in [0, 0.1) is 13.8 Å².